The van der Waals surface area contributed by atoms with Gasteiger partial charge < -0.3 is 10.1 Å². The molecule has 0 unspecified atom stereocenters. The van der Waals surface area contributed by atoms with Crippen LogP contribution >= 0.6 is 0 Å². The van der Waals surface area contributed by atoms with E-state index in [9.17, 15) is 4.79 Å². The van der Waals surface area contributed by atoms with E-state index in [4.69, 9.17) is 4.74 Å². The Hall–Kier alpha value is -1.36. The van der Waals surface area contributed by atoms with E-state index in [1.54, 1.807) is 6.20 Å². The fraction of sp³-hybridized carbons (Fsp3) is 0.667. The molecule has 0 aliphatic carbocycles. The van der Waals surface area contributed by atoms with Gasteiger partial charge >= 0.3 is 0 Å². The molecule has 0 spiro atoms. The minimum Gasteiger partial charge on any atom is -0.381 e. The van der Waals surface area contributed by atoms with E-state index in [0.29, 0.717) is 18.9 Å². The molecule has 1 fully saturated rings. The first-order valence-electron chi connectivity index (χ1n) is 6.17. The first-order chi connectivity index (χ1) is 8.34. The van der Waals surface area contributed by atoms with Crippen molar-refractivity contribution >= 4 is 5.91 Å². The Morgan fingerprint density at radius 2 is 2.59 bits per heavy atom. The number of aromatic amines is 1. The number of amides is 1. The quantitative estimate of drug-likeness (QED) is 0.799. The molecule has 0 saturated carbocycles. The molecule has 94 valence electrons. The number of H-pyrrole nitrogens is 1. The molecule has 1 aliphatic heterocycles. The molecule has 0 aromatic carbocycles. The predicted octanol–water partition coefficient (Wildman–Crippen LogP) is 0.885. The van der Waals surface area contributed by atoms with Gasteiger partial charge in [0.15, 0.2) is 0 Å². The summed E-state index contributed by atoms with van der Waals surface area (Å²) in [5.74, 6) is 0.524. The van der Waals surface area contributed by atoms with Crippen LogP contribution in [0.15, 0.2) is 12.3 Å². The molecule has 0 radical (unpaired) electrons. The summed E-state index contributed by atoms with van der Waals surface area (Å²) in [7, 11) is 0. The van der Waals surface area contributed by atoms with E-state index in [1.807, 2.05) is 6.07 Å². The predicted molar refractivity (Wildman–Crippen MR) is 63.5 cm³/mol. The Bertz CT molecular complexity index is 332. The second-order valence-electron chi connectivity index (χ2n) is 4.47. The minimum atomic E-state index is 0.125. The third-order valence-corrected chi connectivity index (χ3v) is 3.00. The molecular weight excluding hydrogens is 218 g/mol. The molecule has 2 rings (SSSR count). The van der Waals surface area contributed by atoms with Crippen LogP contribution in [-0.4, -0.2) is 35.9 Å². The van der Waals surface area contributed by atoms with E-state index in [-0.39, 0.29) is 5.91 Å². The maximum absolute atomic E-state index is 11.6. The van der Waals surface area contributed by atoms with Gasteiger partial charge in [0.05, 0.1) is 0 Å². The van der Waals surface area contributed by atoms with E-state index >= 15 is 0 Å². The van der Waals surface area contributed by atoms with Crippen molar-refractivity contribution in [3.8, 4) is 0 Å². The van der Waals surface area contributed by atoms with E-state index in [2.05, 4.69) is 15.5 Å². The summed E-state index contributed by atoms with van der Waals surface area (Å²) in [5.41, 5.74) is 1.05. The summed E-state index contributed by atoms with van der Waals surface area (Å²) in [6.07, 6.45) is 5.28. The Balaban J connectivity index is 1.60. The van der Waals surface area contributed by atoms with Gasteiger partial charge in [-0.1, -0.05) is 0 Å². The van der Waals surface area contributed by atoms with Gasteiger partial charge in [0.1, 0.15) is 0 Å². The number of hydrogen-bond acceptors (Lipinski definition) is 3. The summed E-state index contributed by atoms with van der Waals surface area (Å²) in [6.45, 7) is 2.24. The molecule has 1 aromatic rings. The van der Waals surface area contributed by atoms with Gasteiger partial charge in [-0.15, -0.1) is 0 Å². The highest BCUT2D eigenvalue weighted by Gasteiger charge is 2.17. The molecule has 5 nitrogen and oxygen atoms in total. The van der Waals surface area contributed by atoms with E-state index in [0.717, 1.165) is 38.2 Å². The van der Waals surface area contributed by atoms with Crippen LogP contribution in [0.1, 0.15) is 25.0 Å². The monoisotopic (exact) mass is 237 g/mol. The smallest absolute Gasteiger partial charge is 0.220 e. The average molecular weight is 237 g/mol. The molecule has 17 heavy (non-hydrogen) atoms. The zero-order chi connectivity index (χ0) is 11.9. The molecule has 1 amide bonds. The van der Waals surface area contributed by atoms with Crippen molar-refractivity contribution in [2.24, 2.45) is 5.92 Å². The third-order valence-electron chi connectivity index (χ3n) is 3.00. The van der Waals surface area contributed by atoms with Crippen LogP contribution in [-0.2, 0) is 16.0 Å². The number of carbonyl (C=O) groups excluding carboxylic acids is 1. The van der Waals surface area contributed by atoms with Crippen molar-refractivity contribution in [1.82, 2.24) is 15.5 Å². The van der Waals surface area contributed by atoms with Crippen LogP contribution < -0.4 is 5.32 Å². The molecule has 1 atom stereocenters. The van der Waals surface area contributed by atoms with Crippen molar-refractivity contribution in [2.45, 2.75) is 25.7 Å². The summed E-state index contributed by atoms with van der Waals surface area (Å²) in [4.78, 5) is 11.6. The van der Waals surface area contributed by atoms with Crippen LogP contribution in [0.25, 0.3) is 0 Å². The molecule has 1 aromatic heterocycles. The lowest BCUT2D eigenvalue weighted by Crippen LogP contribution is -2.30. The molecule has 2 N–H and O–H groups in total. The second kappa shape index (κ2) is 6.39. The van der Waals surface area contributed by atoms with Gasteiger partial charge in [0, 0.05) is 44.5 Å². The number of ether oxygens (including phenoxy) is 1. The molecule has 5 heteroatoms. The summed E-state index contributed by atoms with van der Waals surface area (Å²) in [6, 6.07) is 1.92. The first kappa shape index (κ1) is 12.1. The van der Waals surface area contributed by atoms with Crippen molar-refractivity contribution in [1.29, 1.82) is 0 Å². The highest BCUT2D eigenvalue weighted by Crippen LogP contribution is 2.16. The van der Waals surface area contributed by atoms with Gasteiger partial charge in [-0.2, -0.15) is 5.10 Å². The largest absolute Gasteiger partial charge is 0.381 e. The molecule has 1 saturated heterocycles. The lowest BCUT2D eigenvalue weighted by atomic mass is 9.98. The minimum absolute atomic E-state index is 0.125. The Labute approximate surface area is 101 Å². The van der Waals surface area contributed by atoms with Crippen LogP contribution in [0.5, 0.6) is 0 Å². The molecule has 0 bridgehead atoms. The number of carbonyl (C=O) groups is 1. The van der Waals surface area contributed by atoms with Gasteiger partial charge in [-0.25, -0.2) is 0 Å². The zero-order valence-electron chi connectivity index (χ0n) is 9.95. The maximum atomic E-state index is 11.6. The number of hydrogen-bond donors (Lipinski definition) is 2. The number of nitrogens with zero attached hydrogens (tertiary/aromatic N) is 1. The molecule has 1 aliphatic rings. The fourth-order valence-corrected chi connectivity index (χ4v) is 2.06. The standard InChI is InChI=1S/C12H19N3O2/c16-12(8-10-2-1-7-17-9-10)13-5-3-11-4-6-14-15-11/h4,6,10H,1-3,5,7-9H2,(H,13,16)(H,14,15)/t10-/m0/s1. The summed E-state index contributed by atoms with van der Waals surface area (Å²) in [5, 5.41) is 9.66. The van der Waals surface area contributed by atoms with Crippen LogP contribution in [0.2, 0.25) is 0 Å². The summed E-state index contributed by atoms with van der Waals surface area (Å²) < 4.78 is 5.35. The van der Waals surface area contributed by atoms with Gasteiger partial charge in [-0.05, 0) is 24.8 Å². The number of rotatable bonds is 5. The lowest BCUT2D eigenvalue weighted by Gasteiger charge is -2.21. The van der Waals surface area contributed by atoms with Crippen LogP contribution in [0.3, 0.4) is 0 Å². The lowest BCUT2D eigenvalue weighted by molar-refractivity contribution is -0.123. The Morgan fingerprint density at radius 1 is 1.65 bits per heavy atom. The Kier molecular flexibility index (Phi) is 4.55. The number of nitrogens with one attached hydrogen (secondary N) is 2. The van der Waals surface area contributed by atoms with Gasteiger partial charge in [0.2, 0.25) is 5.91 Å². The topological polar surface area (TPSA) is 67.0 Å². The highest BCUT2D eigenvalue weighted by atomic mass is 16.5. The Morgan fingerprint density at radius 3 is 3.29 bits per heavy atom. The van der Waals surface area contributed by atoms with Crippen molar-refractivity contribution in [2.75, 3.05) is 19.8 Å². The highest BCUT2D eigenvalue weighted by molar-refractivity contribution is 5.76. The maximum Gasteiger partial charge on any atom is 0.220 e. The zero-order valence-corrected chi connectivity index (χ0v) is 9.95. The normalized spacial score (nSPS) is 20.1. The second-order valence-corrected chi connectivity index (χ2v) is 4.47. The van der Waals surface area contributed by atoms with Gasteiger partial charge in [0.25, 0.3) is 0 Å². The average Bonchev–Trinajstić information content (AvgIpc) is 2.83. The molecular formula is C12H19N3O2. The van der Waals surface area contributed by atoms with E-state index in [1.165, 1.54) is 0 Å². The fourth-order valence-electron chi connectivity index (χ4n) is 2.06. The van der Waals surface area contributed by atoms with Crippen LogP contribution in [0, 0.1) is 5.92 Å². The van der Waals surface area contributed by atoms with Crippen molar-refractivity contribution < 1.29 is 9.53 Å². The van der Waals surface area contributed by atoms with Gasteiger partial charge in [-0.3, -0.25) is 9.89 Å². The van der Waals surface area contributed by atoms with Crippen molar-refractivity contribution in [3.63, 3.8) is 0 Å². The third kappa shape index (κ3) is 4.19. The summed E-state index contributed by atoms with van der Waals surface area (Å²) >= 11 is 0. The first-order valence-corrected chi connectivity index (χ1v) is 6.17. The van der Waals surface area contributed by atoms with E-state index < -0.39 is 0 Å². The van der Waals surface area contributed by atoms with Crippen LogP contribution in [0.4, 0.5) is 0 Å². The molecule has 2 heterocycles. The van der Waals surface area contributed by atoms with Crippen molar-refractivity contribution in [3.05, 3.63) is 18.0 Å². The SMILES string of the molecule is O=C(C[C@@H]1CCCOC1)NCCc1ccn[nH]1. The number of aromatic nitrogens is 2.